The lowest BCUT2D eigenvalue weighted by Crippen LogP contribution is -2.40. The molecule has 0 saturated carbocycles. The van der Waals surface area contributed by atoms with Crippen molar-refractivity contribution in [1.29, 1.82) is 0 Å². The van der Waals surface area contributed by atoms with E-state index >= 15 is 0 Å². The molecule has 16 heteroatoms. The molecule has 0 radical (unpaired) electrons. The van der Waals surface area contributed by atoms with Gasteiger partial charge in [-0.1, -0.05) is 29.3 Å². The third kappa shape index (κ3) is 8.36. The van der Waals surface area contributed by atoms with Crippen molar-refractivity contribution in [2.45, 2.75) is 64.1 Å². The van der Waals surface area contributed by atoms with E-state index in [0.29, 0.717) is 28.0 Å². The highest BCUT2D eigenvalue weighted by atomic mass is 35.5. The van der Waals surface area contributed by atoms with Crippen LogP contribution in [0.3, 0.4) is 0 Å². The summed E-state index contributed by atoms with van der Waals surface area (Å²) in [5.41, 5.74) is -0.0990. The van der Waals surface area contributed by atoms with Gasteiger partial charge in [-0.15, -0.1) is 0 Å². The topological polar surface area (TPSA) is 79.3 Å². The van der Waals surface area contributed by atoms with Crippen molar-refractivity contribution in [2.24, 2.45) is 13.0 Å². The molecule has 252 valence electrons. The quantitative estimate of drug-likeness (QED) is 0.230. The first-order valence-electron chi connectivity index (χ1n) is 14.3. The number of rotatable bonds is 9. The minimum Gasteiger partial charge on any atom is -0.371 e. The Hall–Kier alpha value is -3.26. The Kier molecular flexibility index (Phi) is 10.4. The van der Waals surface area contributed by atoms with Crippen LogP contribution in [0, 0.1) is 5.92 Å². The summed E-state index contributed by atoms with van der Waals surface area (Å²) < 4.78 is 93.8. The van der Waals surface area contributed by atoms with Crippen LogP contribution in [-0.2, 0) is 24.8 Å². The van der Waals surface area contributed by atoms with Crippen LogP contribution in [0.5, 0.6) is 0 Å². The average Bonchev–Trinajstić information content (AvgIpc) is 3.26. The fourth-order valence-electron chi connectivity index (χ4n) is 5.23. The molecule has 46 heavy (non-hydrogen) atoms. The van der Waals surface area contributed by atoms with Gasteiger partial charge in [-0.25, -0.2) is 9.37 Å². The summed E-state index contributed by atoms with van der Waals surface area (Å²) in [5, 5.41) is 5.24. The number of amides is 2. The number of imidazole rings is 1. The van der Waals surface area contributed by atoms with Crippen LogP contribution in [0.2, 0.25) is 10.0 Å². The molecule has 1 aliphatic heterocycles. The van der Waals surface area contributed by atoms with Crippen molar-refractivity contribution in [3.63, 3.8) is 0 Å². The fraction of sp³-hybridized carbons (Fsp3) is 0.500. The molecule has 1 aliphatic rings. The Balaban J connectivity index is 1.68. The first-order valence-corrected chi connectivity index (χ1v) is 15.1. The Morgan fingerprint density at radius 3 is 2.24 bits per heavy atom. The number of hydrogen-bond donors (Lipinski definition) is 2. The van der Waals surface area contributed by atoms with E-state index in [0.717, 1.165) is 13.8 Å². The van der Waals surface area contributed by atoms with E-state index in [2.05, 4.69) is 15.6 Å². The van der Waals surface area contributed by atoms with Gasteiger partial charge in [0.2, 0.25) is 0 Å². The van der Waals surface area contributed by atoms with Gasteiger partial charge in [0.05, 0.1) is 39.6 Å². The lowest BCUT2D eigenvalue weighted by molar-refractivity contribution is -0.179. The highest BCUT2D eigenvalue weighted by Gasteiger charge is 2.41. The number of halogens is 9. The Bertz CT molecular complexity index is 1610. The maximum atomic E-state index is 14.0. The van der Waals surface area contributed by atoms with E-state index in [4.69, 9.17) is 23.2 Å². The lowest BCUT2D eigenvalue weighted by Gasteiger charge is -2.35. The molecule has 1 saturated heterocycles. The monoisotopic (exact) mass is 697 g/mol. The fourth-order valence-corrected chi connectivity index (χ4v) is 5.80. The molecule has 0 spiro atoms. The zero-order chi connectivity index (χ0) is 34.2. The smallest absolute Gasteiger partial charge is 0.371 e. The van der Waals surface area contributed by atoms with Gasteiger partial charge >= 0.3 is 12.4 Å². The number of alkyl halides is 7. The third-order valence-electron chi connectivity index (χ3n) is 7.91. The molecule has 1 fully saturated rings. The van der Waals surface area contributed by atoms with Crippen LogP contribution in [0.15, 0.2) is 24.3 Å². The molecule has 2 aromatic carbocycles. The zero-order valence-electron chi connectivity index (χ0n) is 25.1. The summed E-state index contributed by atoms with van der Waals surface area (Å²) in [6.07, 6.45) is -10.4. The molecule has 2 amide bonds. The molecule has 2 N–H and O–H groups in total. The predicted octanol–water partition coefficient (Wildman–Crippen LogP) is 7.30. The van der Waals surface area contributed by atoms with Crippen molar-refractivity contribution in [1.82, 2.24) is 20.2 Å². The highest BCUT2D eigenvalue weighted by Crippen LogP contribution is 2.38. The van der Waals surface area contributed by atoms with Crippen molar-refractivity contribution in [2.75, 3.05) is 24.5 Å². The number of aryl methyl sites for hydroxylation is 1. The first-order chi connectivity index (χ1) is 21.3. The molecular formula is C30H32Cl2F7N5O2. The molecule has 0 unspecified atom stereocenters. The molecule has 0 bridgehead atoms. The number of aromatic nitrogens is 2. The summed E-state index contributed by atoms with van der Waals surface area (Å²) in [5.74, 6) is -2.71. The van der Waals surface area contributed by atoms with Gasteiger partial charge in [0.1, 0.15) is 5.82 Å². The molecule has 0 aliphatic carbocycles. The second-order valence-electron chi connectivity index (χ2n) is 11.7. The van der Waals surface area contributed by atoms with E-state index in [-0.39, 0.29) is 60.2 Å². The average molecular weight is 699 g/mol. The minimum absolute atomic E-state index is 0.0165. The molecule has 3 aromatic rings. The number of benzene rings is 2. The van der Waals surface area contributed by atoms with Gasteiger partial charge in [0.15, 0.2) is 5.67 Å². The van der Waals surface area contributed by atoms with E-state index in [1.54, 1.807) is 34.7 Å². The van der Waals surface area contributed by atoms with E-state index in [1.807, 2.05) is 0 Å². The van der Waals surface area contributed by atoms with Crippen LogP contribution >= 0.6 is 23.2 Å². The van der Waals surface area contributed by atoms with E-state index in [1.165, 1.54) is 6.07 Å². The maximum absolute atomic E-state index is 14.0. The molecule has 2 heterocycles. The number of nitrogens with one attached hydrogen (secondary N) is 2. The van der Waals surface area contributed by atoms with E-state index in [9.17, 15) is 40.3 Å². The Morgan fingerprint density at radius 2 is 1.65 bits per heavy atom. The minimum atomic E-state index is -4.50. The number of fused-ring (bicyclic) bond motifs is 1. The molecule has 1 aromatic heterocycles. The second-order valence-corrected chi connectivity index (χ2v) is 12.5. The van der Waals surface area contributed by atoms with Crippen LogP contribution in [0.1, 0.15) is 60.4 Å². The number of carbonyl (C=O) groups is 2. The summed E-state index contributed by atoms with van der Waals surface area (Å²) >= 11 is 13.1. The lowest BCUT2D eigenvalue weighted by atomic mass is 9.95. The second kappa shape index (κ2) is 13.5. The molecule has 0 atom stereocenters. The normalized spacial score (nSPS) is 15.0. The SMILES string of the molecule is Cn1c(Cc2c(Cl)ccc(CNC(=O)C(C)(C)F)c2Cl)nc2cc(C(=O)NCCC(F)(F)F)c(N3CCC(C(F)(F)F)CC3)cc21. The largest absolute Gasteiger partial charge is 0.391 e. The number of hydrogen-bond acceptors (Lipinski definition) is 4. The molecule has 7 nitrogen and oxygen atoms in total. The Labute approximate surface area is 270 Å². The van der Waals surface area contributed by atoms with Crippen molar-refractivity contribution >= 4 is 51.7 Å². The van der Waals surface area contributed by atoms with Crippen molar-refractivity contribution in [3.05, 3.63) is 56.8 Å². The van der Waals surface area contributed by atoms with E-state index < -0.39 is 48.7 Å². The summed E-state index contributed by atoms with van der Waals surface area (Å²) in [6.45, 7) is 1.46. The summed E-state index contributed by atoms with van der Waals surface area (Å²) in [4.78, 5) is 31.4. The first kappa shape index (κ1) is 35.6. The van der Waals surface area contributed by atoms with Crippen LogP contribution in [0.4, 0.5) is 36.4 Å². The van der Waals surface area contributed by atoms with Crippen LogP contribution < -0.4 is 15.5 Å². The summed E-state index contributed by atoms with van der Waals surface area (Å²) in [6, 6.07) is 6.15. The van der Waals surface area contributed by atoms with Crippen molar-refractivity contribution in [3.8, 4) is 0 Å². The standard InChI is InChI=1S/C30H32Cl2F7N5O2/c1-28(2,33)27(46)41-15-16-4-5-20(31)18(25(16)32)13-24-42-21-12-19(26(45)40-9-8-29(34,35)36)22(14-23(21)43(24)3)44-10-6-17(7-11-44)30(37,38)39/h4-5,12,14,17H,6-11,13,15H2,1-3H3,(H,40,45)(H,41,46). The predicted molar refractivity (Wildman–Crippen MR) is 161 cm³/mol. The van der Waals surface area contributed by atoms with Gasteiger partial charge in [-0.3, -0.25) is 9.59 Å². The van der Waals surface area contributed by atoms with Gasteiger partial charge in [-0.2, -0.15) is 26.3 Å². The number of anilines is 1. The molecule has 4 rings (SSSR count). The molecular weight excluding hydrogens is 666 g/mol. The Morgan fingerprint density at radius 1 is 1.00 bits per heavy atom. The zero-order valence-corrected chi connectivity index (χ0v) is 26.6. The van der Waals surface area contributed by atoms with Crippen LogP contribution in [-0.4, -0.2) is 59.0 Å². The summed E-state index contributed by atoms with van der Waals surface area (Å²) in [7, 11) is 1.68. The number of nitrogens with zero attached hydrogens (tertiary/aromatic N) is 3. The van der Waals surface area contributed by atoms with Gasteiger partial charge in [0, 0.05) is 44.7 Å². The van der Waals surface area contributed by atoms with Gasteiger partial charge in [0.25, 0.3) is 11.8 Å². The van der Waals surface area contributed by atoms with Crippen molar-refractivity contribution < 1.29 is 40.3 Å². The van der Waals surface area contributed by atoms with Crippen LogP contribution in [0.25, 0.3) is 11.0 Å². The number of piperidine rings is 1. The maximum Gasteiger partial charge on any atom is 0.391 e. The number of carbonyl (C=O) groups excluding carboxylic acids is 2. The third-order valence-corrected chi connectivity index (χ3v) is 8.73. The highest BCUT2D eigenvalue weighted by molar-refractivity contribution is 6.36. The van der Waals surface area contributed by atoms with Gasteiger partial charge in [-0.05, 0) is 56.0 Å². The van der Waals surface area contributed by atoms with Gasteiger partial charge < -0.3 is 20.1 Å².